The summed E-state index contributed by atoms with van der Waals surface area (Å²) >= 11 is 0. The van der Waals surface area contributed by atoms with Gasteiger partial charge in [-0.3, -0.25) is 4.79 Å². The average Bonchev–Trinajstić information content (AvgIpc) is 2.95. The maximum atomic E-state index is 13.9. The van der Waals surface area contributed by atoms with E-state index in [1.165, 1.54) is 12.3 Å². The Bertz CT molecular complexity index is 809. The lowest BCUT2D eigenvalue weighted by atomic mass is 10.1. The SMILES string of the molecule is O=C(Nc1ccc(CCO)cc1)c1c[nH]c2cccc(F)c12. The van der Waals surface area contributed by atoms with Crippen molar-refractivity contribution < 1.29 is 14.3 Å². The van der Waals surface area contributed by atoms with Crippen LogP contribution in [0, 0.1) is 5.82 Å². The fourth-order valence-corrected chi connectivity index (χ4v) is 2.40. The predicted octanol–water partition coefficient (Wildman–Crippen LogP) is 3.09. The topological polar surface area (TPSA) is 65.1 Å². The number of carbonyl (C=O) groups excluding carboxylic acids is 1. The summed E-state index contributed by atoms with van der Waals surface area (Å²) in [6.45, 7) is 0.0837. The molecule has 2 aromatic carbocycles. The quantitative estimate of drug-likeness (QED) is 0.693. The van der Waals surface area contributed by atoms with E-state index in [1.807, 2.05) is 12.1 Å². The fourth-order valence-electron chi connectivity index (χ4n) is 2.40. The second-order valence-corrected chi connectivity index (χ2v) is 4.99. The number of benzene rings is 2. The molecule has 0 aliphatic carbocycles. The second-order valence-electron chi connectivity index (χ2n) is 4.99. The number of aromatic nitrogens is 1. The van der Waals surface area contributed by atoms with E-state index in [0.717, 1.165) is 5.56 Å². The number of fused-ring (bicyclic) bond motifs is 1. The Hall–Kier alpha value is -2.66. The standard InChI is InChI=1S/C17H15FN2O2/c18-14-2-1-3-15-16(14)13(10-19-15)17(22)20-12-6-4-11(5-7-12)8-9-21/h1-7,10,19,21H,8-9H2,(H,20,22). The Morgan fingerprint density at radius 1 is 1.18 bits per heavy atom. The fraction of sp³-hybridized carbons (Fsp3) is 0.118. The Kier molecular flexibility index (Phi) is 3.89. The van der Waals surface area contributed by atoms with Gasteiger partial charge < -0.3 is 15.4 Å². The van der Waals surface area contributed by atoms with E-state index in [-0.39, 0.29) is 23.5 Å². The number of aliphatic hydroxyl groups excluding tert-OH is 1. The Morgan fingerprint density at radius 3 is 2.68 bits per heavy atom. The zero-order valence-electron chi connectivity index (χ0n) is 11.8. The molecular weight excluding hydrogens is 283 g/mol. The minimum absolute atomic E-state index is 0.0837. The highest BCUT2D eigenvalue weighted by atomic mass is 19.1. The number of carbonyl (C=O) groups is 1. The van der Waals surface area contributed by atoms with E-state index >= 15 is 0 Å². The number of amides is 1. The molecule has 0 spiro atoms. The number of rotatable bonds is 4. The molecule has 3 N–H and O–H groups in total. The molecule has 0 saturated heterocycles. The molecule has 1 amide bonds. The van der Waals surface area contributed by atoms with Crippen LogP contribution in [-0.4, -0.2) is 22.6 Å². The molecule has 0 saturated carbocycles. The normalized spacial score (nSPS) is 10.8. The third-order valence-corrected chi connectivity index (χ3v) is 3.51. The molecule has 22 heavy (non-hydrogen) atoms. The van der Waals surface area contributed by atoms with Gasteiger partial charge in [-0.05, 0) is 36.2 Å². The van der Waals surface area contributed by atoms with Gasteiger partial charge in [0.2, 0.25) is 0 Å². The molecule has 0 bridgehead atoms. The van der Waals surface area contributed by atoms with Crippen molar-refractivity contribution in [1.29, 1.82) is 0 Å². The first-order valence-corrected chi connectivity index (χ1v) is 6.96. The van der Waals surface area contributed by atoms with Gasteiger partial charge in [-0.2, -0.15) is 0 Å². The van der Waals surface area contributed by atoms with Crippen molar-refractivity contribution in [2.24, 2.45) is 0 Å². The largest absolute Gasteiger partial charge is 0.396 e. The highest BCUT2D eigenvalue weighted by molar-refractivity contribution is 6.12. The molecule has 5 heteroatoms. The minimum Gasteiger partial charge on any atom is -0.396 e. The molecule has 0 atom stereocenters. The summed E-state index contributed by atoms with van der Waals surface area (Å²) in [6.07, 6.45) is 2.07. The molecule has 0 radical (unpaired) electrons. The zero-order valence-corrected chi connectivity index (χ0v) is 11.8. The van der Waals surface area contributed by atoms with Crippen LogP contribution in [0.25, 0.3) is 10.9 Å². The van der Waals surface area contributed by atoms with Crippen LogP contribution in [0.1, 0.15) is 15.9 Å². The number of nitrogens with one attached hydrogen (secondary N) is 2. The Labute approximate surface area is 126 Å². The maximum absolute atomic E-state index is 13.9. The number of hydrogen-bond donors (Lipinski definition) is 3. The second kappa shape index (κ2) is 5.99. The molecule has 0 aliphatic heterocycles. The van der Waals surface area contributed by atoms with Gasteiger partial charge in [-0.15, -0.1) is 0 Å². The van der Waals surface area contributed by atoms with Crippen molar-refractivity contribution in [1.82, 2.24) is 4.98 Å². The smallest absolute Gasteiger partial charge is 0.257 e. The van der Waals surface area contributed by atoms with Gasteiger partial charge in [0.15, 0.2) is 0 Å². The molecule has 4 nitrogen and oxygen atoms in total. The van der Waals surface area contributed by atoms with E-state index in [1.54, 1.807) is 24.3 Å². The first-order valence-electron chi connectivity index (χ1n) is 6.96. The Balaban J connectivity index is 1.84. The van der Waals surface area contributed by atoms with E-state index < -0.39 is 5.82 Å². The number of anilines is 1. The van der Waals surface area contributed by atoms with Gasteiger partial charge in [-0.1, -0.05) is 18.2 Å². The van der Waals surface area contributed by atoms with Crippen molar-refractivity contribution >= 4 is 22.5 Å². The summed E-state index contributed by atoms with van der Waals surface area (Å²) in [5, 5.41) is 11.9. The highest BCUT2D eigenvalue weighted by Crippen LogP contribution is 2.22. The van der Waals surface area contributed by atoms with Gasteiger partial charge in [-0.25, -0.2) is 4.39 Å². The van der Waals surface area contributed by atoms with E-state index in [4.69, 9.17) is 5.11 Å². The van der Waals surface area contributed by atoms with Crippen LogP contribution in [0.3, 0.4) is 0 Å². The molecule has 1 heterocycles. The number of hydrogen-bond acceptors (Lipinski definition) is 2. The molecule has 0 aliphatic rings. The predicted molar refractivity (Wildman–Crippen MR) is 83.4 cm³/mol. The van der Waals surface area contributed by atoms with Gasteiger partial charge in [0, 0.05) is 29.4 Å². The van der Waals surface area contributed by atoms with Crippen molar-refractivity contribution in [2.45, 2.75) is 6.42 Å². The van der Waals surface area contributed by atoms with E-state index in [2.05, 4.69) is 10.3 Å². The molecular formula is C17H15FN2O2. The Morgan fingerprint density at radius 2 is 1.95 bits per heavy atom. The summed E-state index contributed by atoms with van der Waals surface area (Å²) in [5.74, 6) is -0.798. The van der Waals surface area contributed by atoms with Gasteiger partial charge in [0.25, 0.3) is 5.91 Å². The van der Waals surface area contributed by atoms with Gasteiger partial charge in [0.1, 0.15) is 5.82 Å². The van der Waals surface area contributed by atoms with Crippen LogP contribution in [0.2, 0.25) is 0 Å². The third kappa shape index (κ3) is 2.71. The number of aliphatic hydroxyl groups is 1. The number of halogens is 1. The summed E-state index contributed by atoms with van der Waals surface area (Å²) in [4.78, 5) is 15.2. The highest BCUT2D eigenvalue weighted by Gasteiger charge is 2.15. The van der Waals surface area contributed by atoms with E-state index in [0.29, 0.717) is 17.6 Å². The van der Waals surface area contributed by atoms with Crippen LogP contribution < -0.4 is 5.32 Å². The van der Waals surface area contributed by atoms with Crippen molar-refractivity contribution in [3.8, 4) is 0 Å². The van der Waals surface area contributed by atoms with Gasteiger partial charge >= 0.3 is 0 Å². The third-order valence-electron chi connectivity index (χ3n) is 3.51. The summed E-state index contributed by atoms with van der Waals surface area (Å²) in [5.41, 5.74) is 2.46. The molecule has 112 valence electrons. The van der Waals surface area contributed by atoms with Crippen LogP contribution in [0.5, 0.6) is 0 Å². The molecule has 1 aromatic heterocycles. The minimum atomic E-state index is -0.429. The van der Waals surface area contributed by atoms with Crippen molar-refractivity contribution in [2.75, 3.05) is 11.9 Å². The molecule has 3 rings (SSSR count). The molecule has 3 aromatic rings. The molecule has 0 fully saturated rings. The number of aromatic amines is 1. The first kappa shape index (κ1) is 14.3. The maximum Gasteiger partial charge on any atom is 0.257 e. The van der Waals surface area contributed by atoms with Crippen molar-refractivity contribution in [3.63, 3.8) is 0 Å². The van der Waals surface area contributed by atoms with Crippen LogP contribution >= 0.6 is 0 Å². The van der Waals surface area contributed by atoms with Gasteiger partial charge in [0.05, 0.1) is 5.56 Å². The lowest BCUT2D eigenvalue weighted by molar-refractivity contribution is 0.102. The van der Waals surface area contributed by atoms with E-state index in [9.17, 15) is 9.18 Å². The summed E-state index contributed by atoms with van der Waals surface area (Å²) in [7, 11) is 0. The van der Waals surface area contributed by atoms with Crippen LogP contribution in [0.15, 0.2) is 48.7 Å². The summed E-state index contributed by atoms with van der Waals surface area (Å²) < 4.78 is 13.9. The first-order chi connectivity index (χ1) is 10.7. The summed E-state index contributed by atoms with van der Waals surface area (Å²) in [6, 6.07) is 11.8. The van der Waals surface area contributed by atoms with Crippen molar-refractivity contribution in [3.05, 3.63) is 65.6 Å². The lowest BCUT2D eigenvalue weighted by Gasteiger charge is -2.06. The zero-order chi connectivity index (χ0) is 15.5. The monoisotopic (exact) mass is 298 g/mol. The van der Waals surface area contributed by atoms with Crippen LogP contribution in [0.4, 0.5) is 10.1 Å². The lowest BCUT2D eigenvalue weighted by Crippen LogP contribution is -2.11. The van der Waals surface area contributed by atoms with Crippen LogP contribution in [-0.2, 0) is 6.42 Å². The number of H-pyrrole nitrogens is 1. The average molecular weight is 298 g/mol. The molecule has 0 unspecified atom stereocenters.